The highest BCUT2D eigenvalue weighted by molar-refractivity contribution is 4.98. The summed E-state index contributed by atoms with van der Waals surface area (Å²) in [5.41, 5.74) is 0. The van der Waals surface area contributed by atoms with Crippen molar-refractivity contribution in [3.8, 4) is 61.7 Å². The van der Waals surface area contributed by atoms with Crippen molar-refractivity contribution in [3.63, 3.8) is 0 Å². The molecule has 0 bridgehead atoms. The lowest BCUT2D eigenvalue weighted by molar-refractivity contribution is -0.316. The van der Waals surface area contributed by atoms with Crippen LogP contribution < -0.4 is 0 Å². The molecule has 0 aromatic carbocycles. The summed E-state index contributed by atoms with van der Waals surface area (Å²) in [5.74, 6) is 12.0. The Morgan fingerprint density at radius 1 is 0.593 bits per heavy atom. The zero-order valence-corrected chi connectivity index (χ0v) is 15.0. The van der Waals surface area contributed by atoms with E-state index in [4.69, 9.17) is 60.5 Å². The summed E-state index contributed by atoms with van der Waals surface area (Å²) < 4.78 is 34.1. The van der Waals surface area contributed by atoms with E-state index in [1.807, 2.05) is 0 Å². The first-order valence-corrected chi connectivity index (χ1v) is 8.10. The van der Waals surface area contributed by atoms with Gasteiger partial charge < -0.3 is 28.4 Å². The zero-order chi connectivity index (χ0) is 19.9. The molecule has 0 spiro atoms. The second-order valence-corrected chi connectivity index (χ2v) is 5.22. The fraction of sp³-hybridized carbons (Fsp3) is 0.524. The summed E-state index contributed by atoms with van der Waals surface area (Å²) >= 11 is 0. The SMILES string of the molecule is C#CCOCC1O[C@@H](OCC#C)C(OCC#C)[C@@H](OCC#C)[C@@H]1OCC#C. The first-order valence-electron chi connectivity index (χ1n) is 8.10. The molecule has 5 atom stereocenters. The van der Waals surface area contributed by atoms with Crippen LogP contribution in [0.5, 0.6) is 0 Å². The second kappa shape index (κ2) is 13.7. The quantitative estimate of drug-likeness (QED) is 0.379. The van der Waals surface area contributed by atoms with Gasteiger partial charge in [0.15, 0.2) is 6.29 Å². The van der Waals surface area contributed by atoms with Gasteiger partial charge in [-0.05, 0) is 0 Å². The second-order valence-electron chi connectivity index (χ2n) is 5.22. The van der Waals surface area contributed by atoms with Crippen LogP contribution in [0, 0.1) is 61.7 Å². The van der Waals surface area contributed by atoms with Gasteiger partial charge in [-0.3, -0.25) is 0 Å². The number of hydrogen-bond donors (Lipinski definition) is 0. The van der Waals surface area contributed by atoms with Crippen LogP contribution in [-0.2, 0) is 28.4 Å². The Balaban J connectivity index is 3.10. The van der Waals surface area contributed by atoms with Crippen LogP contribution in [0.15, 0.2) is 0 Å². The minimum atomic E-state index is -0.873. The standard InChI is InChI=1S/C21H22O6/c1-6-11-22-16-17-18(23-12-7-2)19(24-13-8-3)20(25-14-9-4)21(27-17)26-15-10-5/h1-5,17-21H,11-16H2/t17?,18-,19+,20?,21-/m1/s1. The first kappa shape index (κ1) is 22.6. The molecule has 1 heterocycles. The molecule has 1 aliphatic rings. The van der Waals surface area contributed by atoms with E-state index >= 15 is 0 Å². The predicted molar refractivity (Wildman–Crippen MR) is 98.8 cm³/mol. The van der Waals surface area contributed by atoms with Crippen molar-refractivity contribution in [1.29, 1.82) is 0 Å². The van der Waals surface area contributed by atoms with Gasteiger partial charge in [0, 0.05) is 0 Å². The molecule has 0 amide bonds. The molecule has 142 valence electrons. The number of hydrogen-bond acceptors (Lipinski definition) is 6. The van der Waals surface area contributed by atoms with Gasteiger partial charge in [-0.15, -0.1) is 32.1 Å². The van der Waals surface area contributed by atoms with Gasteiger partial charge in [-0.25, -0.2) is 0 Å². The summed E-state index contributed by atoms with van der Waals surface area (Å²) in [5, 5.41) is 0. The Hall–Kier alpha value is -2.44. The summed E-state index contributed by atoms with van der Waals surface area (Å²) in [6.45, 7) is 0.247. The van der Waals surface area contributed by atoms with E-state index in [1.54, 1.807) is 0 Å². The normalized spacial score (nSPS) is 26.7. The Morgan fingerprint density at radius 3 is 1.63 bits per heavy atom. The maximum atomic E-state index is 5.93. The largest absolute Gasteiger partial charge is 0.366 e. The molecule has 1 saturated heterocycles. The highest BCUT2D eigenvalue weighted by Gasteiger charge is 2.48. The van der Waals surface area contributed by atoms with Gasteiger partial charge in [0.05, 0.1) is 6.61 Å². The minimum absolute atomic E-state index is 0.0000269. The van der Waals surface area contributed by atoms with Crippen LogP contribution in [0.3, 0.4) is 0 Å². The monoisotopic (exact) mass is 370 g/mol. The van der Waals surface area contributed by atoms with Gasteiger partial charge in [0.25, 0.3) is 0 Å². The number of rotatable bonds is 11. The van der Waals surface area contributed by atoms with Crippen molar-refractivity contribution < 1.29 is 28.4 Å². The molecule has 0 aliphatic carbocycles. The molecule has 1 rings (SSSR count). The average molecular weight is 370 g/mol. The van der Waals surface area contributed by atoms with Crippen LogP contribution in [0.4, 0.5) is 0 Å². The number of terminal acetylenes is 5. The van der Waals surface area contributed by atoms with E-state index < -0.39 is 30.7 Å². The molecule has 0 radical (unpaired) electrons. The summed E-state index contributed by atoms with van der Waals surface area (Å²) in [6.07, 6.45) is 22.9. The van der Waals surface area contributed by atoms with Gasteiger partial charge in [-0.1, -0.05) is 29.6 Å². The Morgan fingerprint density at radius 2 is 1.07 bits per heavy atom. The van der Waals surface area contributed by atoms with E-state index in [1.165, 1.54) is 0 Å². The van der Waals surface area contributed by atoms with Gasteiger partial charge in [-0.2, -0.15) is 0 Å². The Bertz CT molecular complexity index is 638. The topological polar surface area (TPSA) is 55.4 Å². The molecule has 6 heteroatoms. The van der Waals surface area contributed by atoms with Crippen LogP contribution in [0.25, 0.3) is 0 Å². The van der Waals surface area contributed by atoms with Crippen molar-refractivity contribution in [2.24, 2.45) is 0 Å². The molecular formula is C21H22O6. The summed E-state index contributed by atoms with van der Waals surface area (Å²) in [4.78, 5) is 0. The predicted octanol–water partition coefficient (Wildman–Crippen LogP) is 0.0661. The molecule has 1 fully saturated rings. The number of ether oxygens (including phenoxy) is 6. The van der Waals surface area contributed by atoms with Crippen LogP contribution in [0.1, 0.15) is 0 Å². The molecule has 2 unspecified atom stereocenters. The van der Waals surface area contributed by atoms with E-state index in [2.05, 4.69) is 29.6 Å². The van der Waals surface area contributed by atoms with Crippen molar-refractivity contribution in [2.75, 3.05) is 39.6 Å². The molecule has 1 aliphatic heterocycles. The van der Waals surface area contributed by atoms with Crippen molar-refractivity contribution in [3.05, 3.63) is 0 Å². The lowest BCUT2D eigenvalue weighted by Gasteiger charge is -2.45. The summed E-state index contributed by atoms with van der Waals surface area (Å²) in [7, 11) is 0. The first-order chi connectivity index (χ1) is 13.2. The van der Waals surface area contributed by atoms with Crippen LogP contribution in [0.2, 0.25) is 0 Å². The molecule has 6 nitrogen and oxygen atoms in total. The molecule has 0 saturated carbocycles. The fourth-order valence-electron chi connectivity index (χ4n) is 2.51. The van der Waals surface area contributed by atoms with Crippen LogP contribution >= 0.6 is 0 Å². The molecule has 0 aromatic heterocycles. The van der Waals surface area contributed by atoms with Gasteiger partial charge >= 0.3 is 0 Å². The average Bonchev–Trinajstić information content (AvgIpc) is 2.68. The van der Waals surface area contributed by atoms with E-state index in [0.29, 0.717) is 0 Å². The zero-order valence-electron chi connectivity index (χ0n) is 15.0. The summed E-state index contributed by atoms with van der Waals surface area (Å²) in [6, 6.07) is 0. The molecule has 0 aromatic rings. The Labute approximate surface area is 161 Å². The third-order valence-corrected chi connectivity index (χ3v) is 3.47. The lowest BCUT2D eigenvalue weighted by Crippen LogP contribution is -2.62. The third kappa shape index (κ3) is 7.37. The highest BCUT2D eigenvalue weighted by Crippen LogP contribution is 2.29. The molecular weight excluding hydrogens is 348 g/mol. The molecule has 0 N–H and O–H groups in total. The smallest absolute Gasteiger partial charge is 0.188 e. The van der Waals surface area contributed by atoms with Crippen molar-refractivity contribution >= 4 is 0 Å². The van der Waals surface area contributed by atoms with Gasteiger partial charge in [0.2, 0.25) is 0 Å². The Kier molecular flexibility index (Phi) is 11.5. The van der Waals surface area contributed by atoms with Crippen molar-refractivity contribution in [2.45, 2.75) is 30.7 Å². The third-order valence-electron chi connectivity index (χ3n) is 3.47. The maximum absolute atomic E-state index is 5.93. The van der Waals surface area contributed by atoms with E-state index in [-0.39, 0.29) is 39.6 Å². The van der Waals surface area contributed by atoms with Crippen LogP contribution in [-0.4, -0.2) is 70.3 Å². The highest BCUT2D eigenvalue weighted by atomic mass is 16.7. The lowest BCUT2D eigenvalue weighted by atomic mass is 9.98. The van der Waals surface area contributed by atoms with E-state index in [0.717, 1.165) is 0 Å². The van der Waals surface area contributed by atoms with Crippen molar-refractivity contribution in [1.82, 2.24) is 0 Å². The minimum Gasteiger partial charge on any atom is -0.366 e. The fourth-order valence-corrected chi connectivity index (χ4v) is 2.51. The maximum Gasteiger partial charge on any atom is 0.188 e. The molecule has 27 heavy (non-hydrogen) atoms. The van der Waals surface area contributed by atoms with E-state index in [9.17, 15) is 0 Å². The van der Waals surface area contributed by atoms with Gasteiger partial charge in [0.1, 0.15) is 57.5 Å².